The quantitative estimate of drug-likeness (QED) is 0.0363. The van der Waals surface area contributed by atoms with Crippen LogP contribution in [-0.2, 0) is 42.9 Å². The monoisotopic (exact) mass is 866 g/mol. The summed E-state index contributed by atoms with van der Waals surface area (Å²) in [6, 6.07) is 0. The molecule has 1 aliphatic rings. The highest BCUT2D eigenvalue weighted by Gasteiger charge is 2.45. The molecular weight excluding hydrogens is 771 g/mol. The van der Waals surface area contributed by atoms with E-state index in [0.29, 0.717) is 13.0 Å². The Kier molecular flexibility index (Phi) is 34.7. The molecule has 0 aliphatic carbocycles. The first-order valence-corrected chi connectivity index (χ1v) is 25.5. The van der Waals surface area contributed by atoms with E-state index in [0.717, 1.165) is 38.5 Å². The van der Waals surface area contributed by atoms with Gasteiger partial charge in [0.2, 0.25) is 5.91 Å². The number of unbranched alkanes of at least 4 members (excludes halogenated alkanes) is 28. The van der Waals surface area contributed by atoms with E-state index < -0.39 is 29.4 Å². The van der Waals surface area contributed by atoms with E-state index in [9.17, 15) is 19.2 Å². The van der Waals surface area contributed by atoms with Crippen LogP contribution < -0.4 is 5.32 Å². The van der Waals surface area contributed by atoms with E-state index in [1.807, 2.05) is 13.8 Å². The number of ether oxygens (including phenoxy) is 5. The fraction of sp³-hybridized carbons (Fsp3) is 0.922. The molecule has 358 valence electrons. The Morgan fingerprint density at radius 2 is 0.852 bits per heavy atom. The third kappa shape index (κ3) is 33.0. The van der Waals surface area contributed by atoms with Gasteiger partial charge in [0.25, 0.3) is 0 Å². The van der Waals surface area contributed by atoms with Crippen molar-refractivity contribution < 1.29 is 42.9 Å². The molecule has 2 atom stereocenters. The molecule has 0 aromatic carbocycles. The molecule has 1 unspecified atom stereocenters. The summed E-state index contributed by atoms with van der Waals surface area (Å²) in [7, 11) is 0. The second-order valence-electron chi connectivity index (χ2n) is 19.1. The Balaban J connectivity index is 2.37. The summed E-state index contributed by atoms with van der Waals surface area (Å²) < 4.78 is 28.2. The van der Waals surface area contributed by atoms with Crippen molar-refractivity contribution >= 4 is 23.8 Å². The zero-order valence-corrected chi connectivity index (χ0v) is 40.5. The Hall–Kier alpha value is -2.20. The maximum atomic E-state index is 12.9. The number of rotatable bonds is 41. The van der Waals surface area contributed by atoms with Gasteiger partial charge in [0, 0.05) is 24.8 Å². The minimum atomic E-state index is -0.897. The second kappa shape index (κ2) is 37.2. The summed E-state index contributed by atoms with van der Waals surface area (Å²) in [4.78, 5) is 51.1. The minimum Gasteiger partial charge on any atom is -0.462 e. The van der Waals surface area contributed by atoms with Crippen molar-refractivity contribution in [1.82, 2.24) is 5.32 Å². The second-order valence-corrected chi connectivity index (χ2v) is 19.1. The predicted octanol–water partition coefficient (Wildman–Crippen LogP) is 13.2. The molecule has 0 saturated carbocycles. The number of esters is 3. The van der Waals surface area contributed by atoms with Gasteiger partial charge < -0.3 is 29.0 Å². The van der Waals surface area contributed by atoms with Crippen LogP contribution in [-0.4, -0.2) is 68.2 Å². The fourth-order valence-electron chi connectivity index (χ4n) is 7.86. The van der Waals surface area contributed by atoms with Gasteiger partial charge in [0.1, 0.15) is 19.3 Å². The van der Waals surface area contributed by atoms with Gasteiger partial charge in [-0.1, -0.05) is 207 Å². The molecule has 1 saturated heterocycles. The Morgan fingerprint density at radius 1 is 0.508 bits per heavy atom. The lowest BCUT2D eigenvalue weighted by Crippen LogP contribution is -2.56. The zero-order chi connectivity index (χ0) is 44.9. The standard InChI is InChI=1S/C51H95NO9/c1-7-9-11-13-15-17-19-21-23-25-27-29-31-33-35-37-45(53)57-41-44(42-58-46(54)39-40-52-49(56)48-50(3,4)43-59-51(5,6)61-48)60-47(55)38-36-34-32-30-28-26-24-22-20-18-16-14-12-10-8-2/h44,48H,7-43H2,1-6H3,(H,52,56)/t44?,48-/m0/s1. The minimum absolute atomic E-state index is 0.0623. The van der Waals surface area contributed by atoms with Crippen molar-refractivity contribution in [3.05, 3.63) is 0 Å². The number of carbonyl (C=O) groups is 4. The summed E-state index contributed by atoms with van der Waals surface area (Å²) in [5, 5.41) is 2.78. The Morgan fingerprint density at radius 3 is 1.25 bits per heavy atom. The molecule has 61 heavy (non-hydrogen) atoms. The number of nitrogens with one attached hydrogen (secondary N) is 1. The molecular formula is C51H95NO9. The van der Waals surface area contributed by atoms with E-state index in [2.05, 4.69) is 19.2 Å². The third-order valence-electron chi connectivity index (χ3n) is 11.9. The average Bonchev–Trinajstić information content (AvgIpc) is 3.22. The molecule has 1 amide bonds. The predicted molar refractivity (Wildman–Crippen MR) is 247 cm³/mol. The molecule has 0 radical (unpaired) electrons. The smallest absolute Gasteiger partial charge is 0.307 e. The van der Waals surface area contributed by atoms with Crippen LogP contribution in [0.15, 0.2) is 0 Å². The van der Waals surface area contributed by atoms with Gasteiger partial charge in [-0.05, 0) is 26.7 Å². The Bertz CT molecular complexity index is 1110. The van der Waals surface area contributed by atoms with E-state index >= 15 is 0 Å². The molecule has 1 N–H and O–H groups in total. The Labute approximate surface area is 374 Å². The van der Waals surface area contributed by atoms with Gasteiger partial charge in [-0.2, -0.15) is 0 Å². The molecule has 0 aromatic heterocycles. The van der Waals surface area contributed by atoms with E-state index in [1.54, 1.807) is 13.8 Å². The van der Waals surface area contributed by atoms with E-state index in [-0.39, 0.29) is 50.4 Å². The highest BCUT2D eigenvalue weighted by molar-refractivity contribution is 5.82. The van der Waals surface area contributed by atoms with Crippen LogP contribution in [0.4, 0.5) is 0 Å². The largest absolute Gasteiger partial charge is 0.462 e. The summed E-state index contributed by atoms with van der Waals surface area (Å²) in [5.41, 5.74) is -0.534. The van der Waals surface area contributed by atoms with Crippen LogP contribution in [0.5, 0.6) is 0 Å². The van der Waals surface area contributed by atoms with Crippen LogP contribution in [0.3, 0.4) is 0 Å². The highest BCUT2D eigenvalue weighted by atomic mass is 16.7. The molecule has 0 spiro atoms. The zero-order valence-electron chi connectivity index (χ0n) is 40.5. The molecule has 0 bridgehead atoms. The third-order valence-corrected chi connectivity index (χ3v) is 11.9. The number of hydrogen-bond donors (Lipinski definition) is 1. The maximum absolute atomic E-state index is 12.9. The number of hydrogen-bond acceptors (Lipinski definition) is 9. The summed E-state index contributed by atoms with van der Waals surface area (Å²) in [6.45, 7) is 11.9. The van der Waals surface area contributed by atoms with Crippen LogP contribution >= 0.6 is 0 Å². The van der Waals surface area contributed by atoms with Gasteiger partial charge in [0.15, 0.2) is 11.9 Å². The van der Waals surface area contributed by atoms with Gasteiger partial charge in [-0.25, -0.2) is 0 Å². The van der Waals surface area contributed by atoms with Crippen LogP contribution in [0, 0.1) is 5.41 Å². The van der Waals surface area contributed by atoms with Gasteiger partial charge in [-0.3, -0.25) is 19.2 Å². The first kappa shape index (κ1) is 56.8. The first-order chi connectivity index (χ1) is 29.4. The van der Waals surface area contributed by atoms with Crippen molar-refractivity contribution in [1.29, 1.82) is 0 Å². The SMILES string of the molecule is CCCCCCCCCCCCCCCCCC(=O)OCC(COC(=O)CCNC(=O)[C@@H]1OC(C)(C)OCC1(C)C)OC(=O)CCCCCCCCCCCCCCCCC. The first-order valence-electron chi connectivity index (χ1n) is 25.5. The normalized spacial score (nSPS) is 16.2. The fourth-order valence-corrected chi connectivity index (χ4v) is 7.86. The molecule has 10 nitrogen and oxygen atoms in total. The summed E-state index contributed by atoms with van der Waals surface area (Å²) in [6.07, 6.45) is 36.4. The summed E-state index contributed by atoms with van der Waals surface area (Å²) >= 11 is 0. The van der Waals surface area contributed by atoms with Crippen molar-refractivity contribution in [2.24, 2.45) is 5.41 Å². The maximum Gasteiger partial charge on any atom is 0.307 e. The number of amides is 1. The van der Waals surface area contributed by atoms with E-state index in [4.69, 9.17) is 23.7 Å². The van der Waals surface area contributed by atoms with Gasteiger partial charge in [0.05, 0.1) is 13.0 Å². The lowest BCUT2D eigenvalue weighted by molar-refractivity contribution is -0.304. The van der Waals surface area contributed by atoms with E-state index in [1.165, 1.54) is 154 Å². The van der Waals surface area contributed by atoms with Crippen LogP contribution in [0.1, 0.15) is 253 Å². The van der Waals surface area contributed by atoms with Gasteiger partial charge in [-0.15, -0.1) is 0 Å². The lowest BCUT2D eigenvalue weighted by Gasteiger charge is -2.44. The van der Waals surface area contributed by atoms with Crippen molar-refractivity contribution in [2.75, 3.05) is 26.4 Å². The molecule has 1 rings (SSSR count). The molecule has 1 fully saturated rings. The molecule has 10 heteroatoms. The van der Waals surface area contributed by atoms with Crippen LogP contribution in [0.2, 0.25) is 0 Å². The molecule has 1 heterocycles. The topological polar surface area (TPSA) is 126 Å². The number of carbonyl (C=O) groups excluding carboxylic acids is 4. The molecule has 1 aliphatic heterocycles. The van der Waals surface area contributed by atoms with Crippen molar-refractivity contribution in [2.45, 2.75) is 271 Å². The van der Waals surface area contributed by atoms with Crippen LogP contribution in [0.25, 0.3) is 0 Å². The van der Waals surface area contributed by atoms with Crippen molar-refractivity contribution in [3.63, 3.8) is 0 Å². The summed E-state index contributed by atoms with van der Waals surface area (Å²) in [5.74, 6) is -2.48. The lowest BCUT2D eigenvalue weighted by atomic mass is 9.85. The van der Waals surface area contributed by atoms with Gasteiger partial charge >= 0.3 is 17.9 Å². The average molecular weight is 866 g/mol. The highest BCUT2D eigenvalue weighted by Crippen LogP contribution is 2.35. The van der Waals surface area contributed by atoms with Crippen molar-refractivity contribution in [3.8, 4) is 0 Å². The molecule has 0 aromatic rings.